The standard InChI is InChI=1S/C12H13O2/c1-4-9(2)10-6-5-7-11(8-10)12(13)14-3/h4-8H,1H2,2-3H3. The Labute approximate surface area is 84.2 Å². The lowest BCUT2D eigenvalue weighted by Crippen LogP contribution is -2.02. The van der Waals surface area contributed by atoms with Crippen LogP contribution in [0.1, 0.15) is 22.8 Å². The molecular formula is C12H13O2. The van der Waals surface area contributed by atoms with Crippen LogP contribution in [0.2, 0.25) is 0 Å². The maximum atomic E-state index is 11.2. The van der Waals surface area contributed by atoms with Gasteiger partial charge in [-0.15, -0.1) is 6.58 Å². The summed E-state index contributed by atoms with van der Waals surface area (Å²) in [6, 6.07) is 7.28. The molecule has 0 bridgehead atoms. The topological polar surface area (TPSA) is 26.3 Å². The molecular weight excluding hydrogens is 176 g/mol. The molecule has 0 atom stereocenters. The number of hydrogen-bond acceptors (Lipinski definition) is 2. The van der Waals surface area contributed by atoms with Crippen molar-refractivity contribution in [3.8, 4) is 0 Å². The van der Waals surface area contributed by atoms with Gasteiger partial charge in [0.15, 0.2) is 0 Å². The molecule has 0 spiro atoms. The number of rotatable bonds is 3. The van der Waals surface area contributed by atoms with Crippen LogP contribution in [0, 0.1) is 5.92 Å². The van der Waals surface area contributed by atoms with Crippen LogP contribution in [0.3, 0.4) is 0 Å². The van der Waals surface area contributed by atoms with Gasteiger partial charge >= 0.3 is 5.97 Å². The van der Waals surface area contributed by atoms with Gasteiger partial charge in [-0.05, 0) is 17.7 Å². The van der Waals surface area contributed by atoms with Gasteiger partial charge in [-0.3, -0.25) is 0 Å². The van der Waals surface area contributed by atoms with E-state index in [9.17, 15) is 4.79 Å². The molecule has 0 unspecified atom stereocenters. The second kappa shape index (κ2) is 4.61. The fraction of sp³-hybridized carbons (Fsp3) is 0.167. The number of carbonyl (C=O) groups is 1. The number of benzene rings is 1. The highest BCUT2D eigenvalue weighted by atomic mass is 16.5. The first-order chi connectivity index (χ1) is 6.69. The van der Waals surface area contributed by atoms with Crippen molar-refractivity contribution in [3.63, 3.8) is 0 Å². The van der Waals surface area contributed by atoms with Crippen molar-refractivity contribution in [2.45, 2.75) is 6.92 Å². The lowest BCUT2D eigenvalue weighted by atomic mass is 9.99. The third-order valence-corrected chi connectivity index (χ3v) is 2.05. The highest BCUT2D eigenvalue weighted by Gasteiger charge is 2.07. The van der Waals surface area contributed by atoms with Crippen LogP contribution in [0.25, 0.3) is 0 Å². The van der Waals surface area contributed by atoms with Gasteiger partial charge in [0.05, 0.1) is 12.7 Å². The van der Waals surface area contributed by atoms with E-state index in [0.29, 0.717) is 5.56 Å². The first kappa shape index (κ1) is 10.5. The van der Waals surface area contributed by atoms with E-state index in [1.54, 1.807) is 18.2 Å². The van der Waals surface area contributed by atoms with Crippen molar-refractivity contribution in [2.24, 2.45) is 0 Å². The van der Waals surface area contributed by atoms with E-state index in [0.717, 1.165) is 11.5 Å². The molecule has 2 heteroatoms. The molecule has 0 saturated heterocycles. The van der Waals surface area contributed by atoms with Gasteiger partial charge in [0.25, 0.3) is 0 Å². The van der Waals surface area contributed by atoms with Crippen LogP contribution < -0.4 is 0 Å². The highest BCUT2D eigenvalue weighted by molar-refractivity contribution is 5.89. The van der Waals surface area contributed by atoms with Gasteiger partial charge < -0.3 is 4.74 Å². The molecule has 14 heavy (non-hydrogen) atoms. The van der Waals surface area contributed by atoms with E-state index in [4.69, 9.17) is 0 Å². The summed E-state index contributed by atoms with van der Waals surface area (Å²) >= 11 is 0. The summed E-state index contributed by atoms with van der Waals surface area (Å²) in [5, 5.41) is 0. The molecule has 0 fully saturated rings. The van der Waals surface area contributed by atoms with Crippen molar-refractivity contribution in [1.29, 1.82) is 0 Å². The van der Waals surface area contributed by atoms with E-state index >= 15 is 0 Å². The average molecular weight is 189 g/mol. The maximum Gasteiger partial charge on any atom is 0.337 e. The number of hydrogen-bond donors (Lipinski definition) is 0. The Morgan fingerprint density at radius 1 is 1.43 bits per heavy atom. The van der Waals surface area contributed by atoms with E-state index in [2.05, 4.69) is 11.3 Å². The molecule has 2 nitrogen and oxygen atoms in total. The molecule has 0 aromatic heterocycles. The van der Waals surface area contributed by atoms with Crippen LogP contribution >= 0.6 is 0 Å². The summed E-state index contributed by atoms with van der Waals surface area (Å²) in [5.41, 5.74) is 1.55. The van der Waals surface area contributed by atoms with Crippen LogP contribution in [0.15, 0.2) is 36.9 Å². The Kier molecular flexibility index (Phi) is 3.46. The molecule has 0 saturated carbocycles. The van der Waals surface area contributed by atoms with Gasteiger partial charge in [-0.25, -0.2) is 4.79 Å². The molecule has 1 aromatic carbocycles. The molecule has 0 aliphatic rings. The third-order valence-electron chi connectivity index (χ3n) is 2.05. The number of carbonyl (C=O) groups excluding carboxylic acids is 1. The zero-order valence-electron chi connectivity index (χ0n) is 8.41. The Morgan fingerprint density at radius 2 is 2.07 bits per heavy atom. The first-order valence-corrected chi connectivity index (χ1v) is 4.33. The van der Waals surface area contributed by atoms with Gasteiger partial charge in [-0.2, -0.15) is 0 Å². The SMILES string of the molecule is C=C[C](C)c1cccc(C(=O)OC)c1. The zero-order chi connectivity index (χ0) is 10.6. The van der Waals surface area contributed by atoms with Crippen LogP contribution in [0.4, 0.5) is 0 Å². The molecule has 73 valence electrons. The summed E-state index contributed by atoms with van der Waals surface area (Å²) in [6.07, 6.45) is 1.76. The van der Waals surface area contributed by atoms with Crippen molar-refractivity contribution >= 4 is 5.97 Å². The van der Waals surface area contributed by atoms with Gasteiger partial charge in [0, 0.05) is 5.92 Å². The largest absolute Gasteiger partial charge is 0.465 e. The smallest absolute Gasteiger partial charge is 0.337 e. The first-order valence-electron chi connectivity index (χ1n) is 4.33. The second-order valence-electron chi connectivity index (χ2n) is 2.96. The highest BCUT2D eigenvalue weighted by Crippen LogP contribution is 2.16. The van der Waals surface area contributed by atoms with Gasteiger partial charge in [0.2, 0.25) is 0 Å². The van der Waals surface area contributed by atoms with E-state index in [1.165, 1.54) is 7.11 Å². The van der Waals surface area contributed by atoms with Crippen molar-refractivity contribution in [3.05, 3.63) is 54.0 Å². The number of allylic oxidation sites excluding steroid dienone is 1. The lowest BCUT2D eigenvalue weighted by molar-refractivity contribution is 0.0600. The van der Waals surface area contributed by atoms with Crippen LogP contribution in [-0.2, 0) is 4.74 Å². The quantitative estimate of drug-likeness (QED) is 0.683. The van der Waals surface area contributed by atoms with E-state index < -0.39 is 0 Å². The fourth-order valence-electron chi connectivity index (χ4n) is 1.13. The molecule has 1 aromatic rings. The van der Waals surface area contributed by atoms with Crippen LogP contribution in [-0.4, -0.2) is 13.1 Å². The Balaban J connectivity index is 3.00. The molecule has 0 amide bonds. The maximum absolute atomic E-state index is 11.2. The number of esters is 1. The van der Waals surface area contributed by atoms with Crippen molar-refractivity contribution in [1.82, 2.24) is 0 Å². The van der Waals surface area contributed by atoms with Gasteiger partial charge in [0.1, 0.15) is 0 Å². The zero-order valence-corrected chi connectivity index (χ0v) is 8.41. The molecule has 0 aliphatic carbocycles. The summed E-state index contributed by atoms with van der Waals surface area (Å²) < 4.78 is 4.63. The van der Waals surface area contributed by atoms with Crippen molar-refractivity contribution in [2.75, 3.05) is 7.11 Å². The fourth-order valence-corrected chi connectivity index (χ4v) is 1.13. The normalized spacial score (nSPS) is 9.93. The number of ether oxygens (including phenoxy) is 1. The third kappa shape index (κ3) is 2.22. The lowest BCUT2D eigenvalue weighted by Gasteiger charge is -2.06. The summed E-state index contributed by atoms with van der Waals surface area (Å²) in [6.45, 7) is 5.63. The monoisotopic (exact) mass is 189 g/mol. The summed E-state index contributed by atoms with van der Waals surface area (Å²) in [7, 11) is 1.37. The summed E-state index contributed by atoms with van der Waals surface area (Å²) in [4.78, 5) is 11.2. The Bertz CT molecular complexity index is 342. The van der Waals surface area contributed by atoms with E-state index in [1.807, 2.05) is 19.1 Å². The van der Waals surface area contributed by atoms with E-state index in [-0.39, 0.29) is 5.97 Å². The predicted molar refractivity (Wildman–Crippen MR) is 56.0 cm³/mol. The predicted octanol–water partition coefficient (Wildman–Crippen LogP) is 2.60. The summed E-state index contributed by atoms with van der Waals surface area (Å²) in [5.74, 6) is 0.722. The minimum Gasteiger partial charge on any atom is -0.465 e. The Morgan fingerprint density at radius 3 is 2.64 bits per heavy atom. The second-order valence-corrected chi connectivity index (χ2v) is 2.96. The molecule has 0 N–H and O–H groups in total. The molecule has 1 radical (unpaired) electrons. The molecule has 0 heterocycles. The van der Waals surface area contributed by atoms with Crippen LogP contribution in [0.5, 0.6) is 0 Å². The van der Waals surface area contributed by atoms with Crippen molar-refractivity contribution < 1.29 is 9.53 Å². The van der Waals surface area contributed by atoms with Gasteiger partial charge in [-0.1, -0.05) is 25.1 Å². The molecule has 0 aliphatic heterocycles. The molecule has 1 rings (SSSR count). The number of methoxy groups -OCH3 is 1. The average Bonchev–Trinajstić information content (AvgIpc) is 2.27. The minimum absolute atomic E-state index is 0.316. The Hall–Kier alpha value is -1.57. The minimum atomic E-state index is -0.316.